The van der Waals surface area contributed by atoms with Crippen molar-refractivity contribution in [3.63, 3.8) is 0 Å². The molecule has 0 atom stereocenters. The van der Waals surface area contributed by atoms with Crippen molar-refractivity contribution in [2.75, 3.05) is 39.3 Å². The van der Waals surface area contributed by atoms with E-state index in [2.05, 4.69) is 46.6 Å². The Kier molecular flexibility index (Phi) is 4.74. The minimum atomic E-state index is 0.109. The molecule has 0 aromatic heterocycles. The maximum absolute atomic E-state index is 11.8. The lowest BCUT2D eigenvalue weighted by atomic mass is 10.0. The van der Waals surface area contributed by atoms with E-state index in [0.29, 0.717) is 12.6 Å². The van der Waals surface area contributed by atoms with Crippen LogP contribution in [0.1, 0.15) is 12.8 Å². The smallest absolute Gasteiger partial charge is 0.317 e. The molecule has 1 N–H and O–H groups in total. The van der Waals surface area contributed by atoms with Crippen LogP contribution in [0.15, 0.2) is 42.5 Å². The molecule has 2 amide bonds. The first-order valence-corrected chi connectivity index (χ1v) is 9.18. The summed E-state index contributed by atoms with van der Waals surface area (Å²) in [7, 11) is 0. The molecule has 2 aromatic carbocycles. The average molecular weight is 339 g/mol. The van der Waals surface area contributed by atoms with Crippen LogP contribution in [0.2, 0.25) is 0 Å². The minimum absolute atomic E-state index is 0.109. The van der Waals surface area contributed by atoms with Crippen molar-refractivity contribution in [1.29, 1.82) is 0 Å². The van der Waals surface area contributed by atoms with Crippen LogP contribution < -0.4 is 10.1 Å². The number of nitrogens with one attached hydrogen (secondary N) is 1. The number of likely N-dealkylation sites (tertiary alicyclic amines) is 1. The van der Waals surface area contributed by atoms with Crippen LogP contribution in [0.25, 0.3) is 10.8 Å². The lowest BCUT2D eigenvalue weighted by molar-refractivity contribution is 0.123. The van der Waals surface area contributed by atoms with E-state index in [1.165, 1.54) is 10.8 Å². The van der Waals surface area contributed by atoms with Crippen LogP contribution in [-0.4, -0.2) is 61.2 Å². The number of urea groups is 1. The molecule has 0 radical (unpaired) electrons. The van der Waals surface area contributed by atoms with Gasteiger partial charge in [0.25, 0.3) is 0 Å². The van der Waals surface area contributed by atoms with Crippen LogP contribution in [0.3, 0.4) is 0 Å². The molecule has 2 aliphatic rings. The van der Waals surface area contributed by atoms with Gasteiger partial charge in [0.1, 0.15) is 12.4 Å². The Morgan fingerprint density at radius 2 is 1.84 bits per heavy atom. The van der Waals surface area contributed by atoms with Crippen molar-refractivity contribution in [1.82, 2.24) is 15.1 Å². The zero-order valence-electron chi connectivity index (χ0n) is 14.5. The summed E-state index contributed by atoms with van der Waals surface area (Å²) in [5, 5.41) is 5.35. The van der Waals surface area contributed by atoms with Crippen molar-refractivity contribution < 1.29 is 9.53 Å². The van der Waals surface area contributed by atoms with E-state index in [-0.39, 0.29) is 6.03 Å². The highest BCUT2D eigenvalue weighted by Crippen LogP contribution is 2.21. The molecule has 2 fully saturated rings. The van der Waals surface area contributed by atoms with E-state index in [1.54, 1.807) is 0 Å². The topological polar surface area (TPSA) is 44.8 Å². The summed E-state index contributed by atoms with van der Waals surface area (Å²) >= 11 is 0. The molecule has 2 aromatic rings. The van der Waals surface area contributed by atoms with Crippen LogP contribution in [0.5, 0.6) is 5.75 Å². The van der Waals surface area contributed by atoms with Gasteiger partial charge in [-0.25, -0.2) is 4.79 Å². The summed E-state index contributed by atoms with van der Waals surface area (Å²) in [4.78, 5) is 16.2. The van der Waals surface area contributed by atoms with Gasteiger partial charge >= 0.3 is 6.03 Å². The number of hydrogen-bond acceptors (Lipinski definition) is 3. The van der Waals surface area contributed by atoms with Crippen molar-refractivity contribution in [3.05, 3.63) is 42.5 Å². The van der Waals surface area contributed by atoms with Gasteiger partial charge in [-0.15, -0.1) is 0 Å². The monoisotopic (exact) mass is 339 g/mol. The Labute approximate surface area is 148 Å². The minimum Gasteiger partial charge on any atom is -0.492 e. The van der Waals surface area contributed by atoms with Crippen molar-refractivity contribution in [2.24, 2.45) is 0 Å². The third-order valence-corrected chi connectivity index (χ3v) is 5.28. The van der Waals surface area contributed by atoms with Gasteiger partial charge in [0.15, 0.2) is 0 Å². The van der Waals surface area contributed by atoms with E-state index in [0.717, 1.165) is 51.3 Å². The number of benzene rings is 2. The molecular formula is C20H25N3O2. The summed E-state index contributed by atoms with van der Waals surface area (Å²) < 4.78 is 5.94. The second kappa shape index (κ2) is 7.31. The number of amides is 2. The molecule has 4 rings (SSSR count). The maximum Gasteiger partial charge on any atom is 0.317 e. The second-order valence-electron chi connectivity index (χ2n) is 6.86. The largest absolute Gasteiger partial charge is 0.492 e. The van der Waals surface area contributed by atoms with Gasteiger partial charge in [-0.3, -0.25) is 4.90 Å². The van der Waals surface area contributed by atoms with Crippen LogP contribution in [0, 0.1) is 0 Å². The number of carbonyl (C=O) groups excluding carboxylic acids is 1. The Morgan fingerprint density at radius 1 is 1.04 bits per heavy atom. The van der Waals surface area contributed by atoms with Gasteiger partial charge in [0.05, 0.1) is 0 Å². The lowest BCUT2D eigenvalue weighted by Crippen LogP contribution is -2.46. The zero-order valence-corrected chi connectivity index (χ0v) is 14.5. The summed E-state index contributed by atoms with van der Waals surface area (Å²) in [5.41, 5.74) is 0. The fourth-order valence-corrected chi connectivity index (χ4v) is 3.84. The summed E-state index contributed by atoms with van der Waals surface area (Å²) in [6.45, 7) is 5.36. The molecule has 0 saturated carbocycles. The van der Waals surface area contributed by atoms with Gasteiger partial charge in [-0.2, -0.15) is 0 Å². The Morgan fingerprint density at radius 3 is 2.60 bits per heavy atom. The van der Waals surface area contributed by atoms with Gasteiger partial charge in [-0.05, 0) is 35.7 Å². The Hall–Kier alpha value is -2.27. The van der Waals surface area contributed by atoms with Crippen LogP contribution >= 0.6 is 0 Å². The number of hydrogen-bond donors (Lipinski definition) is 1. The first-order valence-electron chi connectivity index (χ1n) is 9.18. The molecule has 0 unspecified atom stereocenters. The predicted molar refractivity (Wildman–Crippen MR) is 99.0 cm³/mol. The van der Waals surface area contributed by atoms with Crippen LogP contribution in [-0.2, 0) is 0 Å². The molecule has 2 saturated heterocycles. The third kappa shape index (κ3) is 3.71. The third-order valence-electron chi connectivity index (χ3n) is 5.28. The number of carbonyl (C=O) groups is 1. The molecule has 5 nitrogen and oxygen atoms in total. The summed E-state index contributed by atoms with van der Waals surface area (Å²) in [6.07, 6.45) is 2.12. The molecular weight excluding hydrogens is 314 g/mol. The van der Waals surface area contributed by atoms with Crippen molar-refractivity contribution >= 4 is 16.8 Å². The van der Waals surface area contributed by atoms with Gasteiger partial charge in [-0.1, -0.05) is 30.3 Å². The van der Waals surface area contributed by atoms with E-state index in [4.69, 9.17) is 4.74 Å². The number of nitrogens with zero attached hydrogens (tertiary/aromatic N) is 2. The zero-order chi connectivity index (χ0) is 17.1. The molecule has 25 heavy (non-hydrogen) atoms. The first-order chi connectivity index (χ1) is 12.3. The second-order valence-corrected chi connectivity index (χ2v) is 6.86. The molecule has 0 aliphatic carbocycles. The predicted octanol–water partition coefficient (Wildman–Crippen LogP) is 2.71. The summed E-state index contributed by atoms with van der Waals surface area (Å²) in [5.74, 6) is 0.933. The van der Waals surface area contributed by atoms with Gasteiger partial charge < -0.3 is 15.0 Å². The van der Waals surface area contributed by atoms with Gasteiger partial charge in [0.2, 0.25) is 0 Å². The molecule has 2 aliphatic heterocycles. The highest BCUT2D eigenvalue weighted by atomic mass is 16.5. The summed E-state index contributed by atoms with van der Waals surface area (Å²) in [6, 6.07) is 15.1. The number of ether oxygens (including phenoxy) is 1. The average Bonchev–Trinajstić information content (AvgIpc) is 3.08. The normalized spacial score (nSPS) is 19.4. The molecule has 132 valence electrons. The standard InChI is InChI=1S/C20H25N3O2/c24-20-21-9-12-23(20)18-7-10-22(11-8-18)13-14-25-19-6-5-16-3-1-2-4-17(16)15-19/h1-6,15,18H,7-14H2,(H,21,24). The number of fused-ring (bicyclic) bond motifs is 1. The van der Waals surface area contributed by atoms with E-state index >= 15 is 0 Å². The van der Waals surface area contributed by atoms with E-state index < -0.39 is 0 Å². The van der Waals surface area contributed by atoms with Crippen LogP contribution in [0.4, 0.5) is 4.79 Å². The quantitative estimate of drug-likeness (QED) is 0.911. The first kappa shape index (κ1) is 16.2. The lowest BCUT2D eigenvalue weighted by Gasteiger charge is -2.36. The maximum atomic E-state index is 11.8. The fraction of sp³-hybridized carbons (Fsp3) is 0.450. The Balaban J connectivity index is 1.23. The van der Waals surface area contributed by atoms with Crippen molar-refractivity contribution in [2.45, 2.75) is 18.9 Å². The molecule has 0 bridgehead atoms. The molecule has 2 heterocycles. The van der Waals surface area contributed by atoms with E-state index in [1.807, 2.05) is 11.0 Å². The number of piperidine rings is 1. The SMILES string of the molecule is O=C1NCCN1C1CCN(CCOc2ccc3ccccc3c2)CC1. The van der Waals surface area contributed by atoms with Crippen molar-refractivity contribution in [3.8, 4) is 5.75 Å². The Bertz CT molecular complexity index is 741. The molecule has 5 heteroatoms. The van der Waals surface area contributed by atoms with E-state index in [9.17, 15) is 4.79 Å². The molecule has 0 spiro atoms. The number of rotatable bonds is 5. The highest BCUT2D eigenvalue weighted by molar-refractivity contribution is 5.83. The van der Waals surface area contributed by atoms with Gasteiger partial charge in [0, 0.05) is 38.8 Å². The fourth-order valence-electron chi connectivity index (χ4n) is 3.84. The highest BCUT2D eigenvalue weighted by Gasteiger charge is 2.30.